The number of amides is 1. The second-order valence-corrected chi connectivity index (χ2v) is 5.07. The highest BCUT2D eigenvalue weighted by molar-refractivity contribution is 9.10. The summed E-state index contributed by atoms with van der Waals surface area (Å²) >= 11 is 3.25. The molecule has 0 fully saturated rings. The number of aliphatic carboxylic acids is 1. The Labute approximate surface area is 114 Å². The maximum atomic E-state index is 12.2. The van der Waals surface area contributed by atoms with Crippen LogP contribution in [0.15, 0.2) is 22.7 Å². The van der Waals surface area contributed by atoms with Crippen molar-refractivity contribution in [1.82, 2.24) is 4.90 Å². The summed E-state index contributed by atoms with van der Waals surface area (Å²) in [5.74, 6) is -1.43. The fourth-order valence-corrected chi connectivity index (χ4v) is 1.90. The molecule has 0 aliphatic carbocycles. The average molecular weight is 315 g/mol. The largest absolute Gasteiger partial charge is 0.480 e. The van der Waals surface area contributed by atoms with Crippen molar-refractivity contribution < 1.29 is 14.7 Å². The summed E-state index contributed by atoms with van der Waals surface area (Å²) in [6, 6.07) is 4.69. The maximum Gasteiger partial charge on any atom is 0.323 e. The molecule has 0 radical (unpaired) electrons. The van der Waals surface area contributed by atoms with E-state index in [4.69, 9.17) is 10.8 Å². The molecule has 6 heteroatoms. The third-order valence-corrected chi connectivity index (χ3v) is 2.93. The molecule has 0 atom stereocenters. The Morgan fingerprint density at radius 3 is 2.50 bits per heavy atom. The van der Waals surface area contributed by atoms with E-state index in [0.29, 0.717) is 11.3 Å². The van der Waals surface area contributed by atoms with E-state index in [9.17, 15) is 9.59 Å². The van der Waals surface area contributed by atoms with Gasteiger partial charge in [0.15, 0.2) is 0 Å². The number of rotatable bonds is 4. The molecule has 0 spiro atoms. The standard InChI is InChI=1S/C12H15BrN2O3/c1-7(2)15(6-11(16)17)12(18)9-4-3-8(13)5-10(9)14/h3-5,7H,6,14H2,1-2H3,(H,16,17). The zero-order valence-electron chi connectivity index (χ0n) is 10.2. The Hall–Kier alpha value is -1.56. The summed E-state index contributed by atoms with van der Waals surface area (Å²) in [6.45, 7) is 3.18. The van der Waals surface area contributed by atoms with Crippen LogP contribution in [0.2, 0.25) is 0 Å². The van der Waals surface area contributed by atoms with Gasteiger partial charge in [0.25, 0.3) is 5.91 Å². The smallest absolute Gasteiger partial charge is 0.323 e. The molecule has 0 bridgehead atoms. The molecule has 0 saturated heterocycles. The minimum atomic E-state index is -1.05. The zero-order valence-corrected chi connectivity index (χ0v) is 11.8. The first kappa shape index (κ1) is 14.5. The van der Waals surface area contributed by atoms with Crippen LogP contribution in [-0.4, -0.2) is 34.5 Å². The third kappa shape index (κ3) is 3.46. The van der Waals surface area contributed by atoms with Gasteiger partial charge in [0.1, 0.15) is 6.54 Å². The topological polar surface area (TPSA) is 83.6 Å². The fraction of sp³-hybridized carbons (Fsp3) is 0.333. The minimum Gasteiger partial charge on any atom is -0.480 e. The maximum absolute atomic E-state index is 12.2. The molecule has 0 aromatic heterocycles. The number of carboxylic acids is 1. The second-order valence-electron chi connectivity index (χ2n) is 4.15. The number of carbonyl (C=O) groups is 2. The van der Waals surface area contributed by atoms with E-state index < -0.39 is 5.97 Å². The lowest BCUT2D eigenvalue weighted by Gasteiger charge is -2.25. The third-order valence-electron chi connectivity index (χ3n) is 2.43. The minimum absolute atomic E-state index is 0.211. The highest BCUT2D eigenvalue weighted by Crippen LogP contribution is 2.20. The predicted molar refractivity (Wildman–Crippen MR) is 72.4 cm³/mol. The van der Waals surface area contributed by atoms with Gasteiger partial charge in [0.05, 0.1) is 5.56 Å². The molecule has 5 nitrogen and oxygen atoms in total. The number of benzene rings is 1. The molecule has 1 aromatic carbocycles. The SMILES string of the molecule is CC(C)N(CC(=O)O)C(=O)c1ccc(Br)cc1N. The van der Waals surface area contributed by atoms with Gasteiger partial charge in [-0.25, -0.2) is 0 Å². The lowest BCUT2D eigenvalue weighted by atomic mass is 10.1. The van der Waals surface area contributed by atoms with Gasteiger partial charge in [0, 0.05) is 16.2 Å². The van der Waals surface area contributed by atoms with Gasteiger partial charge in [-0.2, -0.15) is 0 Å². The first-order valence-electron chi connectivity index (χ1n) is 5.40. The van der Waals surface area contributed by atoms with Crippen LogP contribution in [-0.2, 0) is 4.79 Å². The van der Waals surface area contributed by atoms with Crippen LogP contribution in [0.25, 0.3) is 0 Å². The summed E-state index contributed by atoms with van der Waals surface area (Å²) in [7, 11) is 0. The lowest BCUT2D eigenvalue weighted by Crippen LogP contribution is -2.40. The van der Waals surface area contributed by atoms with Gasteiger partial charge in [-0.3, -0.25) is 9.59 Å². The summed E-state index contributed by atoms with van der Waals surface area (Å²) in [5, 5.41) is 8.81. The van der Waals surface area contributed by atoms with Gasteiger partial charge in [-0.15, -0.1) is 0 Å². The van der Waals surface area contributed by atoms with Crippen molar-refractivity contribution >= 4 is 33.5 Å². The first-order chi connectivity index (χ1) is 8.32. The number of carbonyl (C=O) groups excluding carboxylic acids is 1. The first-order valence-corrected chi connectivity index (χ1v) is 6.20. The highest BCUT2D eigenvalue weighted by Gasteiger charge is 2.22. The molecule has 0 aliphatic rings. The Balaban J connectivity index is 3.05. The molecule has 0 saturated carbocycles. The van der Waals surface area contributed by atoms with E-state index in [0.717, 1.165) is 4.47 Å². The number of hydrogen-bond donors (Lipinski definition) is 2. The molecule has 18 heavy (non-hydrogen) atoms. The van der Waals surface area contributed by atoms with E-state index >= 15 is 0 Å². The highest BCUT2D eigenvalue weighted by atomic mass is 79.9. The van der Waals surface area contributed by atoms with Gasteiger partial charge in [-0.05, 0) is 32.0 Å². The second kappa shape index (κ2) is 5.86. The number of carboxylic acid groups (broad SMARTS) is 1. The molecule has 0 unspecified atom stereocenters. The monoisotopic (exact) mass is 314 g/mol. The average Bonchev–Trinajstić information content (AvgIpc) is 2.24. The van der Waals surface area contributed by atoms with E-state index in [1.807, 2.05) is 0 Å². The van der Waals surface area contributed by atoms with E-state index in [-0.39, 0.29) is 18.5 Å². The summed E-state index contributed by atoms with van der Waals surface area (Å²) < 4.78 is 0.769. The van der Waals surface area contributed by atoms with Crippen molar-refractivity contribution in [3.8, 4) is 0 Å². The number of halogens is 1. The Morgan fingerprint density at radius 2 is 2.06 bits per heavy atom. The van der Waals surface area contributed by atoms with Crippen molar-refractivity contribution in [2.45, 2.75) is 19.9 Å². The lowest BCUT2D eigenvalue weighted by molar-refractivity contribution is -0.138. The normalized spacial score (nSPS) is 10.4. The van der Waals surface area contributed by atoms with Crippen molar-refractivity contribution in [2.24, 2.45) is 0 Å². The van der Waals surface area contributed by atoms with E-state index in [1.54, 1.807) is 32.0 Å². The van der Waals surface area contributed by atoms with Crippen LogP contribution in [0, 0.1) is 0 Å². The number of anilines is 1. The van der Waals surface area contributed by atoms with Crippen LogP contribution < -0.4 is 5.73 Å². The summed E-state index contributed by atoms with van der Waals surface area (Å²) in [4.78, 5) is 24.2. The van der Waals surface area contributed by atoms with Crippen LogP contribution in [0.5, 0.6) is 0 Å². The quantitative estimate of drug-likeness (QED) is 0.832. The van der Waals surface area contributed by atoms with Gasteiger partial charge >= 0.3 is 5.97 Å². The van der Waals surface area contributed by atoms with Crippen LogP contribution in [0.3, 0.4) is 0 Å². The van der Waals surface area contributed by atoms with E-state index in [1.165, 1.54) is 4.90 Å². The number of nitrogens with two attached hydrogens (primary N) is 1. The van der Waals surface area contributed by atoms with Crippen LogP contribution in [0.1, 0.15) is 24.2 Å². The van der Waals surface area contributed by atoms with Crippen molar-refractivity contribution in [3.63, 3.8) is 0 Å². The molecule has 1 amide bonds. The van der Waals surface area contributed by atoms with Crippen molar-refractivity contribution in [1.29, 1.82) is 0 Å². The Morgan fingerprint density at radius 1 is 1.44 bits per heavy atom. The molecular formula is C12H15BrN2O3. The van der Waals surface area contributed by atoms with Crippen LogP contribution in [0.4, 0.5) is 5.69 Å². The van der Waals surface area contributed by atoms with Gasteiger partial charge in [-0.1, -0.05) is 15.9 Å². The molecular weight excluding hydrogens is 300 g/mol. The fourth-order valence-electron chi connectivity index (χ4n) is 1.52. The Kier molecular flexibility index (Phi) is 4.72. The molecule has 3 N–H and O–H groups in total. The number of nitrogens with zero attached hydrogens (tertiary/aromatic N) is 1. The number of nitrogen functional groups attached to an aromatic ring is 1. The van der Waals surface area contributed by atoms with E-state index in [2.05, 4.69) is 15.9 Å². The van der Waals surface area contributed by atoms with Crippen molar-refractivity contribution in [2.75, 3.05) is 12.3 Å². The molecule has 1 rings (SSSR count). The van der Waals surface area contributed by atoms with Gasteiger partial charge in [0.2, 0.25) is 0 Å². The Bertz CT molecular complexity index is 474. The predicted octanol–water partition coefficient (Wildman–Crippen LogP) is 1.97. The van der Waals surface area contributed by atoms with Crippen molar-refractivity contribution in [3.05, 3.63) is 28.2 Å². The zero-order chi connectivity index (χ0) is 13.9. The molecule has 1 aromatic rings. The number of hydrogen-bond acceptors (Lipinski definition) is 3. The molecule has 0 aliphatic heterocycles. The molecule has 0 heterocycles. The summed E-state index contributed by atoms with van der Waals surface area (Å²) in [6.07, 6.45) is 0. The molecule has 98 valence electrons. The van der Waals surface area contributed by atoms with Crippen LogP contribution >= 0.6 is 15.9 Å². The van der Waals surface area contributed by atoms with Gasteiger partial charge < -0.3 is 15.7 Å². The summed E-state index contributed by atoms with van der Waals surface area (Å²) in [5.41, 5.74) is 6.40.